The van der Waals surface area contributed by atoms with Crippen LogP contribution in [0.15, 0.2) is 24.3 Å². The lowest BCUT2D eigenvalue weighted by Crippen LogP contribution is -2.33. The highest BCUT2D eigenvalue weighted by Gasteiger charge is 2.21. The molecule has 0 bridgehead atoms. The number of benzene rings is 1. The van der Waals surface area contributed by atoms with Crippen molar-refractivity contribution in [2.24, 2.45) is 0 Å². The van der Waals surface area contributed by atoms with Gasteiger partial charge in [0.25, 0.3) is 0 Å². The maximum Gasteiger partial charge on any atom is 0.431 e. The lowest BCUT2D eigenvalue weighted by molar-refractivity contribution is -0.142. The second kappa shape index (κ2) is 6.94. The third-order valence-corrected chi connectivity index (χ3v) is 2.31. The smallest absolute Gasteiger partial charge is 0.431 e. The van der Waals surface area contributed by atoms with Gasteiger partial charge in [-0.15, -0.1) is 0 Å². The lowest BCUT2D eigenvalue weighted by atomic mass is 10.1. The number of phenols is 1. The summed E-state index contributed by atoms with van der Waals surface area (Å²) in [6.45, 7) is 5.09. The highest BCUT2D eigenvalue weighted by molar-refractivity contribution is 5.68. The van der Waals surface area contributed by atoms with Crippen LogP contribution in [0.25, 0.3) is 0 Å². The molecule has 0 aliphatic heterocycles. The molecule has 1 rings (SSSR count). The number of rotatable bonds is 5. The van der Waals surface area contributed by atoms with Gasteiger partial charge in [-0.05, 0) is 38.5 Å². The molecule has 0 radical (unpaired) electrons. The van der Waals surface area contributed by atoms with Crippen LogP contribution in [-0.4, -0.2) is 27.9 Å². The molecule has 0 heterocycles. The van der Waals surface area contributed by atoms with Crippen LogP contribution < -0.4 is 5.48 Å². The van der Waals surface area contributed by atoms with Crippen molar-refractivity contribution in [3.05, 3.63) is 29.8 Å². The summed E-state index contributed by atoms with van der Waals surface area (Å²) < 4.78 is 4.99. The quantitative estimate of drug-likeness (QED) is 0.721. The number of carbonyl (C=O) groups excluding carboxylic acids is 1. The average molecular weight is 297 g/mol. The Hall–Kier alpha value is -2.28. The summed E-state index contributed by atoms with van der Waals surface area (Å²) in [7, 11) is 0. The number of phenolic OH excluding ortho intramolecular Hbond substituents is 1. The zero-order chi connectivity index (χ0) is 16.0. The minimum atomic E-state index is -1.08. The Morgan fingerprint density at radius 2 is 1.81 bits per heavy atom. The molecule has 0 spiro atoms. The van der Waals surface area contributed by atoms with E-state index in [1.165, 1.54) is 24.3 Å². The molecule has 7 heteroatoms. The number of hydroxylamine groups is 1. The van der Waals surface area contributed by atoms with Crippen LogP contribution >= 0.6 is 0 Å². The van der Waals surface area contributed by atoms with Gasteiger partial charge in [0, 0.05) is 0 Å². The van der Waals surface area contributed by atoms with E-state index in [1.807, 2.05) is 0 Å². The zero-order valence-electron chi connectivity index (χ0n) is 12.1. The van der Waals surface area contributed by atoms with Crippen molar-refractivity contribution < 1.29 is 29.4 Å². The molecule has 1 aromatic carbocycles. The van der Waals surface area contributed by atoms with Gasteiger partial charge in [-0.2, -0.15) is 5.48 Å². The Labute approximate surface area is 122 Å². The van der Waals surface area contributed by atoms with Crippen LogP contribution in [-0.2, 0) is 14.4 Å². The number of carboxylic acids is 1. The van der Waals surface area contributed by atoms with Gasteiger partial charge in [-0.25, -0.2) is 4.79 Å². The van der Waals surface area contributed by atoms with Crippen molar-refractivity contribution in [2.45, 2.75) is 38.9 Å². The number of hydrogen-bond acceptors (Lipinski definition) is 5. The van der Waals surface area contributed by atoms with Gasteiger partial charge in [0.2, 0.25) is 0 Å². The molecule has 0 aromatic heterocycles. The molecule has 1 amide bonds. The van der Waals surface area contributed by atoms with Crippen molar-refractivity contribution in [1.82, 2.24) is 5.48 Å². The molecule has 0 saturated carbocycles. The molecule has 0 aliphatic rings. The Kier molecular flexibility index (Phi) is 5.54. The second-order valence-corrected chi connectivity index (χ2v) is 5.40. The SMILES string of the molecule is CC(C)(C)OC(=O)NOC(CC(=O)O)c1ccc(O)cc1. The minimum absolute atomic E-state index is 0.0490. The van der Waals surface area contributed by atoms with Gasteiger partial charge in [0.1, 0.15) is 17.5 Å². The van der Waals surface area contributed by atoms with E-state index in [2.05, 4.69) is 5.48 Å². The first kappa shape index (κ1) is 16.8. The molecule has 21 heavy (non-hydrogen) atoms. The van der Waals surface area contributed by atoms with Gasteiger partial charge >= 0.3 is 12.1 Å². The third kappa shape index (κ3) is 6.62. The average Bonchev–Trinajstić information content (AvgIpc) is 2.33. The van der Waals surface area contributed by atoms with Crippen LogP contribution in [0.2, 0.25) is 0 Å². The van der Waals surface area contributed by atoms with Crippen molar-refractivity contribution in [3.63, 3.8) is 0 Å². The minimum Gasteiger partial charge on any atom is -0.508 e. The van der Waals surface area contributed by atoms with E-state index in [4.69, 9.17) is 14.7 Å². The number of carboxylic acid groups (broad SMARTS) is 1. The van der Waals surface area contributed by atoms with Crippen LogP contribution in [0.3, 0.4) is 0 Å². The number of amides is 1. The predicted molar refractivity (Wildman–Crippen MR) is 73.6 cm³/mol. The fraction of sp³-hybridized carbons (Fsp3) is 0.429. The van der Waals surface area contributed by atoms with Crippen molar-refractivity contribution in [3.8, 4) is 5.75 Å². The van der Waals surface area contributed by atoms with Gasteiger partial charge in [-0.3, -0.25) is 9.63 Å². The number of aromatic hydroxyl groups is 1. The molecule has 0 aliphatic carbocycles. The van der Waals surface area contributed by atoms with Crippen molar-refractivity contribution >= 4 is 12.1 Å². The van der Waals surface area contributed by atoms with Gasteiger partial charge < -0.3 is 14.9 Å². The Balaban J connectivity index is 2.69. The fourth-order valence-electron chi connectivity index (χ4n) is 1.49. The van der Waals surface area contributed by atoms with Crippen LogP contribution in [0.1, 0.15) is 38.9 Å². The standard InChI is InChI=1S/C14H19NO6/c1-14(2,3)20-13(19)15-21-11(8-12(17)18)9-4-6-10(16)7-5-9/h4-7,11,16H,8H2,1-3H3,(H,15,19)(H,17,18). The summed E-state index contributed by atoms with van der Waals surface area (Å²) in [5.74, 6) is -1.04. The summed E-state index contributed by atoms with van der Waals surface area (Å²) in [5.41, 5.74) is 1.89. The maximum absolute atomic E-state index is 11.5. The molecule has 116 valence electrons. The highest BCUT2D eigenvalue weighted by atomic mass is 16.7. The largest absolute Gasteiger partial charge is 0.508 e. The molecule has 0 saturated heterocycles. The predicted octanol–water partition coefficient (Wildman–Crippen LogP) is 2.36. The summed E-state index contributed by atoms with van der Waals surface area (Å²) in [6, 6.07) is 5.83. The van der Waals surface area contributed by atoms with Gasteiger partial charge in [0.15, 0.2) is 0 Å². The first-order valence-electron chi connectivity index (χ1n) is 6.33. The molecule has 3 N–H and O–H groups in total. The van der Waals surface area contributed by atoms with Crippen molar-refractivity contribution in [1.29, 1.82) is 0 Å². The molecule has 1 unspecified atom stereocenters. The molecular formula is C14H19NO6. The molecular weight excluding hydrogens is 278 g/mol. The van der Waals surface area contributed by atoms with Gasteiger partial charge in [0.05, 0.1) is 6.42 Å². The Morgan fingerprint density at radius 1 is 1.24 bits per heavy atom. The topological polar surface area (TPSA) is 105 Å². The lowest BCUT2D eigenvalue weighted by Gasteiger charge is -2.21. The first-order valence-corrected chi connectivity index (χ1v) is 6.33. The summed E-state index contributed by atoms with van der Waals surface area (Å²) in [4.78, 5) is 27.4. The van der Waals surface area contributed by atoms with Crippen LogP contribution in [0.5, 0.6) is 5.75 Å². The van der Waals surface area contributed by atoms with E-state index in [9.17, 15) is 14.7 Å². The number of nitrogens with one attached hydrogen (secondary N) is 1. The third-order valence-electron chi connectivity index (χ3n) is 2.31. The summed E-state index contributed by atoms with van der Waals surface area (Å²) in [6.07, 6.45) is -2.05. The second-order valence-electron chi connectivity index (χ2n) is 5.40. The van der Waals surface area contributed by atoms with E-state index < -0.39 is 23.8 Å². The molecule has 1 atom stereocenters. The van der Waals surface area contributed by atoms with E-state index in [0.717, 1.165) is 0 Å². The Bertz CT molecular complexity index is 491. The number of aliphatic carboxylic acids is 1. The zero-order valence-corrected chi connectivity index (χ0v) is 12.1. The fourth-order valence-corrected chi connectivity index (χ4v) is 1.49. The van der Waals surface area contributed by atoms with E-state index in [-0.39, 0.29) is 12.2 Å². The summed E-state index contributed by atoms with van der Waals surface area (Å²) >= 11 is 0. The molecule has 1 aromatic rings. The Morgan fingerprint density at radius 3 is 2.29 bits per heavy atom. The first-order chi connectivity index (χ1) is 9.67. The summed E-state index contributed by atoms with van der Waals surface area (Å²) in [5, 5.41) is 18.1. The monoisotopic (exact) mass is 297 g/mol. The van der Waals surface area contributed by atoms with E-state index in [0.29, 0.717) is 5.56 Å². The normalized spacial score (nSPS) is 12.5. The van der Waals surface area contributed by atoms with E-state index in [1.54, 1.807) is 20.8 Å². The maximum atomic E-state index is 11.5. The van der Waals surface area contributed by atoms with Crippen LogP contribution in [0, 0.1) is 0 Å². The van der Waals surface area contributed by atoms with Crippen molar-refractivity contribution in [2.75, 3.05) is 0 Å². The highest BCUT2D eigenvalue weighted by Crippen LogP contribution is 2.22. The van der Waals surface area contributed by atoms with Crippen LogP contribution in [0.4, 0.5) is 4.79 Å². The van der Waals surface area contributed by atoms with Gasteiger partial charge in [-0.1, -0.05) is 12.1 Å². The molecule has 7 nitrogen and oxygen atoms in total. The number of hydrogen-bond donors (Lipinski definition) is 3. The molecule has 0 fully saturated rings. The van der Waals surface area contributed by atoms with E-state index >= 15 is 0 Å². The number of ether oxygens (including phenoxy) is 1. The number of carbonyl (C=O) groups is 2.